The summed E-state index contributed by atoms with van der Waals surface area (Å²) in [5.41, 5.74) is 0. The van der Waals surface area contributed by atoms with E-state index in [0.717, 1.165) is 0 Å². The van der Waals surface area contributed by atoms with Crippen LogP contribution in [0.1, 0.15) is 44.9 Å². The van der Waals surface area contributed by atoms with Gasteiger partial charge in [0, 0.05) is 18.8 Å². The normalized spacial score (nSPS) is 25.4. The molecule has 1 nitrogen and oxygen atoms in total. The molecule has 0 aromatic rings. The van der Waals surface area contributed by atoms with E-state index in [9.17, 15) is 31.1 Å². The zero-order chi connectivity index (χ0) is 14.7. The molecule has 0 unspecified atom stereocenters. The minimum Gasteiger partial charge on any atom is -0.299 e. The molecule has 0 radical (unpaired) electrons. The highest BCUT2D eigenvalue weighted by molar-refractivity contribution is 5.81. The van der Waals surface area contributed by atoms with Gasteiger partial charge in [-0.1, -0.05) is 0 Å². The summed E-state index contributed by atoms with van der Waals surface area (Å²) in [7, 11) is 0. The van der Waals surface area contributed by atoms with Crippen molar-refractivity contribution in [1.82, 2.24) is 0 Å². The van der Waals surface area contributed by atoms with E-state index in [1.165, 1.54) is 0 Å². The molecule has 112 valence electrons. The fourth-order valence-corrected chi connectivity index (χ4v) is 2.41. The molecule has 0 aromatic heterocycles. The number of halogens is 6. The Kier molecular flexibility index (Phi) is 5.26. The van der Waals surface area contributed by atoms with Crippen molar-refractivity contribution in [3.05, 3.63) is 0 Å². The van der Waals surface area contributed by atoms with Gasteiger partial charge in [-0.3, -0.25) is 4.79 Å². The number of rotatable bonds is 4. The van der Waals surface area contributed by atoms with E-state index < -0.39 is 30.6 Å². The van der Waals surface area contributed by atoms with Crippen molar-refractivity contribution in [2.45, 2.75) is 57.3 Å². The van der Waals surface area contributed by atoms with Crippen molar-refractivity contribution in [2.75, 3.05) is 0 Å². The third-order valence-corrected chi connectivity index (χ3v) is 3.53. The van der Waals surface area contributed by atoms with Gasteiger partial charge < -0.3 is 0 Å². The molecule has 0 heterocycles. The molecule has 1 saturated carbocycles. The fraction of sp³-hybridized carbons (Fsp3) is 0.917. The SMILES string of the molecule is O=C(CCCC(F)(F)F)C1CCC(C(F)(F)F)CC1. The quantitative estimate of drug-likeness (QED) is 0.688. The third kappa shape index (κ3) is 5.82. The van der Waals surface area contributed by atoms with Gasteiger partial charge in [-0.05, 0) is 32.1 Å². The number of carbonyl (C=O) groups excluding carboxylic acids is 1. The first-order chi connectivity index (χ1) is 8.59. The van der Waals surface area contributed by atoms with Crippen LogP contribution in [0.5, 0.6) is 0 Å². The minimum absolute atomic E-state index is 0.0980. The average molecular weight is 290 g/mol. The first kappa shape index (κ1) is 16.3. The second-order valence-electron chi connectivity index (χ2n) is 5.03. The van der Waals surface area contributed by atoms with E-state index in [2.05, 4.69) is 0 Å². The van der Waals surface area contributed by atoms with E-state index in [1.54, 1.807) is 0 Å². The van der Waals surface area contributed by atoms with Gasteiger partial charge >= 0.3 is 12.4 Å². The zero-order valence-corrected chi connectivity index (χ0v) is 10.3. The summed E-state index contributed by atoms with van der Waals surface area (Å²) in [4.78, 5) is 11.6. The van der Waals surface area contributed by atoms with E-state index >= 15 is 0 Å². The fourth-order valence-electron chi connectivity index (χ4n) is 2.41. The van der Waals surface area contributed by atoms with Crippen LogP contribution >= 0.6 is 0 Å². The maximum Gasteiger partial charge on any atom is 0.391 e. The summed E-state index contributed by atoms with van der Waals surface area (Å²) in [5.74, 6) is -2.19. The number of ketones is 1. The van der Waals surface area contributed by atoms with Crippen LogP contribution in [0.15, 0.2) is 0 Å². The van der Waals surface area contributed by atoms with Crippen LogP contribution in [0, 0.1) is 11.8 Å². The molecule has 7 heteroatoms. The zero-order valence-electron chi connectivity index (χ0n) is 10.3. The lowest BCUT2D eigenvalue weighted by Gasteiger charge is -2.29. The molecular formula is C12H16F6O. The van der Waals surface area contributed by atoms with E-state index in [1.807, 2.05) is 0 Å². The molecule has 0 aromatic carbocycles. The molecule has 1 aliphatic rings. The summed E-state index contributed by atoms with van der Waals surface area (Å²) in [5, 5.41) is 0. The Balaban J connectivity index is 2.29. The first-order valence-electron chi connectivity index (χ1n) is 6.26. The Morgan fingerprint density at radius 2 is 1.47 bits per heavy atom. The van der Waals surface area contributed by atoms with Crippen LogP contribution < -0.4 is 0 Å². The predicted molar refractivity (Wildman–Crippen MR) is 56.4 cm³/mol. The number of hydrogen-bond donors (Lipinski definition) is 0. The van der Waals surface area contributed by atoms with Crippen molar-refractivity contribution in [3.63, 3.8) is 0 Å². The monoisotopic (exact) mass is 290 g/mol. The molecule has 1 aliphatic carbocycles. The summed E-state index contributed by atoms with van der Waals surface area (Å²) in [6, 6.07) is 0. The topological polar surface area (TPSA) is 17.1 Å². The standard InChI is InChI=1S/C12H16F6O/c13-11(14,15)7-1-2-10(19)8-3-5-9(6-4-8)12(16,17)18/h8-9H,1-7H2. The number of alkyl halides is 6. The Hall–Kier alpha value is -0.750. The van der Waals surface area contributed by atoms with Gasteiger partial charge in [0.2, 0.25) is 0 Å². The maximum absolute atomic E-state index is 12.4. The molecule has 0 N–H and O–H groups in total. The van der Waals surface area contributed by atoms with E-state index in [0.29, 0.717) is 0 Å². The molecule has 0 saturated heterocycles. The molecular weight excluding hydrogens is 274 g/mol. The van der Waals surface area contributed by atoms with Gasteiger partial charge in [-0.15, -0.1) is 0 Å². The van der Waals surface area contributed by atoms with Crippen molar-refractivity contribution in [3.8, 4) is 0 Å². The van der Waals surface area contributed by atoms with Gasteiger partial charge in [0.15, 0.2) is 0 Å². The Labute approximate surface area is 107 Å². The number of carbonyl (C=O) groups is 1. The molecule has 0 atom stereocenters. The number of hydrogen-bond acceptors (Lipinski definition) is 1. The van der Waals surface area contributed by atoms with E-state index in [-0.39, 0.29) is 44.3 Å². The Morgan fingerprint density at radius 3 is 1.89 bits per heavy atom. The van der Waals surface area contributed by atoms with Crippen molar-refractivity contribution >= 4 is 5.78 Å². The third-order valence-electron chi connectivity index (χ3n) is 3.53. The van der Waals surface area contributed by atoms with Crippen molar-refractivity contribution in [2.24, 2.45) is 11.8 Å². The highest BCUT2D eigenvalue weighted by atomic mass is 19.4. The molecule has 1 rings (SSSR count). The molecule has 0 bridgehead atoms. The summed E-state index contributed by atoms with van der Waals surface area (Å²) >= 11 is 0. The lowest BCUT2D eigenvalue weighted by molar-refractivity contribution is -0.184. The Bertz CT molecular complexity index is 298. The van der Waals surface area contributed by atoms with E-state index in [4.69, 9.17) is 0 Å². The maximum atomic E-state index is 12.4. The van der Waals surface area contributed by atoms with Gasteiger partial charge in [-0.2, -0.15) is 26.3 Å². The summed E-state index contributed by atoms with van der Waals surface area (Å²) in [6.45, 7) is 0. The molecule has 19 heavy (non-hydrogen) atoms. The molecule has 0 amide bonds. The van der Waals surface area contributed by atoms with Crippen molar-refractivity contribution < 1.29 is 31.1 Å². The minimum atomic E-state index is -4.28. The molecule has 0 spiro atoms. The molecule has 1 fully saturated rings. The Morgan fingerprint density at radius 1 is 0.947 bits per heavy atom. The van der Waals surface area contributed by atoms with Crippen LogP contribution in [0.3, 0.4) is 0 Å². The van der Waals surface area contributed by atoms with Crippen LogP contribution in [0.25, 0.3) is 0 Å². The van der Waals surface area contributed by atoms with Crippen LogP contribution in [-0.2, 0) is 4.79 Å². The van der Waals surface area contributed by atoms with Crippen LogP contribution in [-0.4, -0.2) is 18.1 Å². The van der Waals surface area contributed by atoms with Gasteiger partial charge in [0.05, 0.1) is 5.92 Å². The highest BCUT2D eigenvalue weighted by Crippen LogP contribution is 2.40. The van der Waals surface area contributed by atoms with Gasteiger partial charge in [0.25, 0.3) is 0 Å². The molecule has 0 aliphatic heterocycles. The largest absolute Gasteiger partial charge is 0.391 e. The van der Waals surface area contributed by atoms with Crippen LogP contribution in [0.2, 0.25) is 0 Å². The van der Waals surface area contributed by atoms with Crippen LogP contribution in [0.4, 0.5) is 26.3 Å². The number of Topliss-reactive ketones (excluding diaryl/α,β-unsaturated/α-hetero) is 1. The highest BCUT2D eigenvalue weighted by Gasteiger charge is 2.42. The second kappa shape index (κ2) is 6.13. The lowest BCUT2D eigenvalue weighted by Crippen LogP contribution is -2.30. The average Bonchev–Trinajstić information content (AvgIpc) is 2.26. The van der Waals surface area contributed by atoms with Crippen molar-refractivity contribution in [1.29, 1.82) is 0 Å². The summed E-state index contributed by atoms with van der Waals surface area (Å²) < 4.78 is 72.9. The lowest BCUT2D eigenvalue weighted by atomic mass is 9.79. The predicted octanol–water partition coefficient (Wildman–Crippen LogP) is 4.66. The second-order valence-corrected chi connectivity index (χ2v) is 5.03. The smallest absolute Gasteiger partial charge is 0.299 e. The van der Waals surface area contributed by atoms with Gasteiger partial charge in [0.1, 0.15) is 5.78 Å². The summed E-state index contributed by atoms with van der Waals surface area (Å²) in [6.07, 6.45) is -9.93. The van der Waals surface area contributed by atoms with Gasteiger partial charge in [-0.25, -0.2) is 0 Å². The first-order valence-corrected chi connectivity index (χ1v) is 6.26.